The lowest BCUT2D eigenvalue weighted by Crippen LogP contribution is -1.97. The molecule has 17 heavy (non-hydrogen) atoms. The van der Waals surface area contributed by atoms with E-state index < -0.39 is 5.97 Å². The first-order chi connectivity index (χ1) is 7.99. The molecule has 4 heteroatoms. The van der Waals surface area contributed by atoms with E-state index in [1.54, 1.807) is 6.07 Å². The van der Waals surface area contributed by atoms with Crippen LogP contribution in [0.5, 0.6) is 5.75 Å². The zero-order valence-electron chi connectivity index (χ0n) is 9.44. The van der Waals surface area contributed by atoms with Crippen LogP contribution in [0.1, 0.15) is 12.5 Å². The summed E-state index contributed by atoms with van der Waals surface area (Å²) in [5, 5.41) is 8.57. The Morgan fingerprint density at radius 2 is 2.29 bits per heavy atom. The van der Waals surface area contributed by atoms with Crippen LogP contribution in [-0.2, 0) is 4.79 Å². The second-order valence-electron chi connectivity index (χ2n) is 3.60. The molecule has 0 fully saturated rings. The van der Waals surface area contributed by atoms with Gasteiger partial charge < -0.3 is 9.84 Å². The highest BCUT2D eigenvalue weighted by Gasteiger charge is 2.00. The lowest BCUT2D eigenvalue weighted by molar-refractivity contribution is -0.131. The SMILES string of the molecule is C=C(C)COc1ccc(Br)c(/C=C/C(=O)O)c1. The molecule has 3 nitrogen and oxygen atoms in total. The average molecular weight is 297 g/mol. The van der Waals surface area contributed by atoms with Crippen molar-refractivity contribution in [2.24, 2.45) is 0 Å². The number of rotatable bonds is 5. The molecule has 0 heterocycles. The largest absolute Gasteiger partial charge is 0.489 e. The first-order valence-electron chi connectivity index (χ1n) is 4.97. The lowest BCUT2D eigenvalue weighted by Gasteiger charge is -2.07. The maximum atomic E-state index is 10.4. The third-order valence-electron chi connectivity index (χ3n) is 1.86. The smallest absolute Gasteiger partial charge is 0.328 e. The maximum absolute atomic E-state index is 10.4. The molecule has 0 aliphatic heterocycles. The summed E-state index contributed by atoms with van der Waals surface area (Å²) < 4.78 is 6.29. The minimum Gasteiger partial charge on any atom is -0.489 e. The van der Waals surface area contributed by atoms with Gasteiger partial charge in [-0.15, -0.1) is 0 Å². The first-order valence-corrected chi connectivity index (χ1v) is 5.76. The molecule has 1 aromatic carbocycles. The number of aliphatic carboxylic acids is 1. The minimum absolute atomic E-state index is 0.448. The third-order valence-corrected chi connectivity index (χ3v) is 2.58. The van der Waals surface area contributed by atoms with Gasteiger partial charge in [-0.1, -0.05) is 22.5 Å². The van der Waals surface area contributed by atoms with E-state index in [9.17, 15) is 4.79 Å². The molecule has 0 atom stereocenters. The number of carbonyl (C=O) groups is 1. The first kappa shape index (κ1) is 13.5. The van der Waals surface area contributed by atoms with Crippen molar-refractivity contribution >= 4 is 28.0 Å². The topological polar surface area (TPSA) is 46.5 Å². The van der Waals surface area contributed by atoms with Gasteiger partial charge in [0.05, 0.1) is 0 Å². The Kier molecular flexibility index (Phi) is 4.97. The Labute approximate surface area is 109 Å². The van der Waals surface area contributed by atoms with E-state index in [2.05, 4.69) is 22.5 Å². The van der Waals surface area contributed by atoms with E-state index in [1.807, 2.05) is 19.1 Å². The van der Waals surface area contributed by atoms with Crippen molar-refractivity contribution in [2.45, 2.75) is 6.92 Å². The monoisotopic (exact) mass is 296 g/mol. The summed E-state index contributed by atoms with van der Waals surface area (Å²) in [5.41, 5.74) is 1.68. The number of benzene rings is 1. The van der Waals surface area contributed by atoms with Crippen molar-refractivity contribution in [3.63, 3.8) is 0 Å². The summed E-state index contributed by atoms with van der Waals surface area (Å²) in [6.07, 6.45) is 2.60. The maximum Gasteiger partial charge on any atom is 0.328 e. The van der Waals surface area contributed by atoms with Crippen molar-refractivity contribution in [3.8, 4) is 5.75 Å². The molecule has 0 bridgehead atoms. The normalized spacial score (nSPS) is 10.5. The molecule has 0 aromatic heterocycles. The van der Waals surface area contributed by atoms with E-state index in [1.165, 1.54) is 6.08 Å². The summed E-state index contributed by atoms with van der Waals surface area (Å²) in [6.45, 7) is 6.07. The van der Waals surface area contributed by atoms with Gasteiger partial charge in [0.2, 0.25) is 0 Å². The minimum atomic E-state index is -0.981. The Balaban J connectivity index is 2.86. The Bertz CT molecular complexity index is 464. The number of carboxylic acid groups (broad SMARTS) is 1. The fourth-order valence-electron chi connectivity index (χ4n) is 1.11. The Morgan fingerprint density at radius 3 is 2.88 bits per heavy atom. The van der Waals surface area contributed by atoms with Gasteiger partial charge in [-0.05, 0) is 42.3 Å². The van der Waals surface area contributed by atoms with Crippen LogP contribution in [0.3, 0.4) is 0 Å². The van der Waals surface area contributed by atoms with Crippen LogP contribution in [0.2, 0.25) is 0 Å². The zero-order chi connectivity index (χ0) is 12.8. The molecular formula is C13H13BrO3. The molecule has 0 spiro atoms. The van der Waals surface area contributed by atoms with Crippen LogP contribution in [0.15, 0.2) is 40.9 Å². The Hall–Kier alpha value is -1.55. The zero-order valence-corrected chi connectivity index (χ0v) is 11.0. The van der Waals surface area contributed by atoms with Crippen molar-refractivity contribution < 1.29 is 14.6 Å². The van der Waals surface area contributed by atoms with Gasteiger partial charge in [-0.3, -0.25) is 0 Å². The van der Waals surface area contributed by atoms with Gasteiger partial charge in [0.25, 0.3) is 0 Å². The molecule has 0 radical (unpaired) electrons. The summed E-state index contributed by atoms with van der Waals surface area (Å²) in [7, 11) is 0. The molecule has 0 saturated carbocycles. The number of carboxylic acids is 1. The predicted molar refractivity (Wildman–Crippen MR) is 71.1 cm³/mol. The highest BCUT2D eigenvalue weighted by atomic mass is 79.9. The average Bonchev–Trinajstić information content (AvgIpc) is 2.26. The fourth-order valence-corrected chi connectivity index (χ4v) is 1.49. The van der Waals surface area contributed by atoms with Crippen molar-refractivity contribution in [2.75, 3.05) is 6.61 Å². The van der Waals surface area contributed by atoms with Gasteiger partial charge in [-0.2, -0.15) is 0 Å². The predicted octanol–water partition coefficient (Wildman–Crippen LogP) is 3.50. The Morgan fingerprint density at radius 1 is 1.59 bits per heavy atom. The molecular weight excluding hydrogens is 284 g/mol. The van der Waals surface area contributed by atoms with Crippen molar-refractivity contribution in [1.29, 1.82) is 0 Å². The van der Waals surface area contributed by atoms with Crippen molar-refractivity contribution in [1.82, 2.24) is 0 Å². The van der Waals surface area contributed by atoms with Gasteiger partial charge in [-0.25, -0.2) is 4.79 Å². The summed E-state index contributed by atoms with van der Waals surface area (Å²) in [4.78, 5) is 10.4. The molecule has 1 rings (SSSR count). The highest BCUT2D eigenvalue weighted by Crippen LogP contribution is 2.24. The molecule has 0 saturated heterocycles. The van der Waals surface area contributed by atoms with E-state index in [4.69, 9.17) is 9.84 Å². The van der Waals surface area contributed by atoms with E-state index in [0.29, 0.717) is 12.4 Å². The third kappa shape index (κ3) is 4.87. The van der Waals surface area contributed by atoms with Crippen LogP contribution >= 0.6 is 15.9 Å². The van der Waals surface area contributed by atoms with Gasteiger partial charge in [0.1, 0.15) is 12.4 Å². The summed E-state index contributed by atoms with van der Waals surface area (Å²) in [6, 6.07) is 5.40. The quantitative estimate of drug-likeness (QED) is 0.668. The molecule has 1 N–H and O–H groups in total. The molecule has 0 amide bonds. The van der Waals surface area contributed by atoms with Crippen LogP contribution in [0.25, 0.3) is 6.08 Å². The summed E-state index contributed by atoms with van der Waals surface area (Å²) >= 11 is 3.34. The molecule has 0 unspecified atom stereocenters. The number of ether oxygens (including phenoxy) is 1. The van der Waals surface area contributed by atoms with E-state index in [0.717, 1.165) is 21.7 Å². The second kappa shape index (κ2) is 6.25. The lowest BCUT2D eigenvalue weighted by atomic mass is 10.2. The van der Waals surface area contributed by atoms with Crippen LogP contribution in [0, 0.1) is 0 Å². The van der Waals surface area contributed by atoms with Crippen LogP contribution in [-0.4, -0.2) is 17.7 Å². The van der Waals surface area contributed by atoms with E-state index >= 15 is 0 Å². The molecule has 0 aliphatic rings. The van der Waals surface area contributed by atoms with Gasteiger partial charge in [0.15, 0.2) is 0 Å². The highest BCUT2D eigenvalue weighted by molar-refractivity contribution is 9.10. The van der Waals surface area contributed by atoms with Crippen molar-refractivity contribution in [3.05, 3.63) is 46.5 Å². The van der Waals surface area contributed by atoms with Gasteiger partial charge in [0, 0.05) is 10.5 Å². The number of hydrogen-bond donors (Lipinski definition) is 1. The molecule has 1 aromatic rings. The van der Waals surface area contributed by atoms with Crippen LogP contribution < -0.4 is 4.74 Å². The van der Waals surface area contributed by atoms with E-state index in [-0.39, 0.29) is 0 Å². The number of halogens is 1. The standard InChI is InChI=1S/C13H13BrO3/c1-9(2)8-17-11-4-5-12(14)10(7-11)3-6-13(15)16/h3-7H,1,8H2,2H3,(H,15,16)/b6-3+. The number of hydrogen-bond acceptors (Lipinski definition) is 2. The molecule has 90 valence electrons. The molecule has 0 aliphatic carbocycles. The second-order valence-corrected chi connectivity index (χ2v) is 4.46. The van der Waals surface area contributed by atoms with Gasteiger partial charge >= 0.3 is 5.97 Å². The fraction of sp³-hybridized carbons (Fsp3) is 0.154. The van der Waals surface area contributed by atoms with Crippen LogP contribution in [0.4, 0.5) is 0 Å². The summed E-state index contributed by atoms with van der Waals surface area (Å²) in [5.74, 6) is -0.300.